The average molecular weight is 475 g/mol. The van der Waals surface area contributed by atoms with Crippen LogP contribution in [-0.4, -0.2) is 59.8 Å². The number of halogens is 1. The van der Waals surface area contributed by atoms with Gasteiger partial charge in [-0.25, -0.2) is 4.39 Å². The molecule has 5 rings (SSSR count). The van der Waals surface area contributed by atoms with E-state index < -0.39 is 72.5 Å². The van der Waals surface area contributed by atoms with Crippen molar-refractivity contribution in [2.45, 2.75) is 38.4 Å². The Morgan fingerprint density at radius 3 is 2.88 bits per heavy atom. The lowest BCUT2D eigenvalue weighted by Crippen LogP contribution is -2.52. The van der Waals surface area contributed by atoms with Crippen LogP contribution >= 0.6 is 0 Å². The van der Waals surface area contributed by atoms with E-state index in [0.29, 0.717) is 24.7 Å². The molecule has 8 nitrogen and oxygen atoms in total. The van der Waals surface area contributed by atoms with Crippen molar-refractivity contribution in [1.29, 1.82) is 0 Å². The summed E-state index contributed by atoms with van der Waals surface area (Å²) in [4.78, 5) is 40.9. The average Bonchev–Trinajstić information content (AvgIpc) is 3.29. The topological polar surface area (TPSA) is 91.0 Å². The van der Waals surface area contributed by atoms with Gasteiger partial charge in [0, 0.05) is 67.0 Å². The molecule has 0 aliphatic carbocycles. The Labute approximate surface area is 208 Å². The van der Waals surface area contributed by atoms with Crippen LogP contribution in [0.3, 0.4) is 0 Å². The molecule has 0 spiro atoms. The number of ether oxygens (including phenoxy) is 1. The molecule has 3 aliphatic heterocycles. The van der Waals surface area contributed by atoms with Crippen molar-refractivity contribution in [2.75, 3.05) is 31.6 Å². The molecule has 3 amide bonds. The second-order valence-corrected chi connectivity index (χ2v) is 8.04. The van der Waals surface area contributed by atoms with Crippen molar-refractivity contribution in [3.63, 3.8) is 0 Å². The zero-order valence-electron chi connectivity index (χ0n) is 26.1. The van der Waals surface area contributed by atoms with Crippen molar-refractivity contribution in [3.8, 4) is 0 Å². The summed E-state index contributed by atoms with van der Waals surface area (Å²) in [7, 11) is 0. The second-order valence-electron chi connectivity index (χ2n) is 8.04. The third-order valence-corrected chi connectivity index (χ3v) is 5.84. The number of piperidine rings is 1. The van der Waals surface area contributed by atoms with Gasteiger partial charge in [-0.05, 0) is 30.1 Å². The Bertz CT molecular complexity index is 1500. The molecule has 2 aromatic carbocycles. The van der Waals surface area contributed by atoms with Gasteiger partial charge in [0.05, 0.1) is 18.7 Å². The van der Waals surface area contributed by atoms with Gasteiger partial charge in [-0.15, -0.1) is 0 Å². The summed E-state index contributed by atoms with van der Waals surface area (Å²) >= 11 is 0. The van der Waals surface area contributed by atoms with Gasteiger partial charge >= 0.3 is 0 Å². The van der Waals surface area contributed by atoms with Gasteiger partial charge in [-0.2, -0.15) is 0 Å². The molecular weight excluding hydrogens is 439 g/mol. The molecule has 3 heterocycles. The molecule has 2 fully saturated rings. The molecule has 0 radical (unpaired) electrons. The smallest absolute Gasteiger partial charge is 0.255 e. The largest absolute Gasteiger partial charge is 0.381 e. The lowest BCUT2D eigenvalue weighted by atomic mass is 10.0. The summed E-state index contributed by atoms with van der Waals surface area (Å²) in [6, 6.07) is -0.484. The summed E-state index contributed by atoms with van der Waals surface area (Å²) in [5.41, 5.74) is 0.199. The van der Waals surface area contributed by atoms with Gasteiger partial charge in [-0.3, -0.25) is 24.6 Å². The van der Waals surface area contributed by atoms with Crippen LogP contribution in [0, 0.1) is 5.82 Å². The number of fused-ring (bicyclic) bond motifs is 1. The molecule has 178 valence electrons. The molecule has 2 aromatic rings. The quantitative estimate of drug-likeness (QED) is 0.623. The van der Waals surface area contributed by atoms with E-state index in [9.17, 15) is 14.4 Å². The number of hydrogen-bond donors (Lipinski definition) is 2. The highest BCUT2D eigenvalue weighted by Gasteiger charge is 2.39. The molecular formula is C25H27FN4O4. The second kappa shape index (κ2) is 9.52. The van der Waals surface area contributed by atoms with Gasteiger partial charge in [0.25, 0.3) is 5.91 Å². The standard InChI is InChI=1S/C25H27FN4O4/c26-20-12-16(14-29-8-10-34-11-9-29)4-5-17(20)13-27-21-3-1-2-18-19(21)15-30(25(18)33)22-6-7-23(31)28-24(22)32/h1-5,12,22,27H,6-11,13-15H2,(H,28,31,32)/t22-/m0/s1/i1D,2D,3D,6D2,7D2,22D. The lowest BCUT2D eigenvalue weighted by molar-refractivity contribution is -0.136. The maximum atomic E-state index is 15.0. The van der Waals surface area contributed by atoms with Crippen LogP contribution in [0.15, 0.2) is 36.3 Å². The molecule has 0 bridgehead atoms. The SMILES string of the molecule is [2H]c1c([2H])c(NCc2ccc(CN3CCOCC3)cc2F)c2c(c1[2H])C(=O)N([C@]1([2H])C(=O)NC(=O)C([2H])([2H])C1([2H])[2H])C2. The molecule has 0 unspecified atom stereocenters. The highest BCUT2D eigenvalue weighted by atomic mass is 19.1. The van der Waals surface area contributed by atoms with E-state index in [0.717, 1.165) is 18.7 Å². The van der Waals surface area contributed by atoms with E-state index in [1.54, 1.807) is 17.4 Å². The van der Waals surface area contributed by atoms with Crippen LogP contribution < -0.4 is 10.6 Å². The number of amides is 3. The van der Waals surface area contributed by atoms with E-state index in [-0.39, 0.29) is 23.4 Å². The number of carbonyl (C=O) groups excluding carboxylic acids is 3. The Morgan fingerprint density at radius 2 is 2.09 bits per heavy atom. The van der Waals surface area contributed by atoms with Crippen LogP contribution in [-0.2, 0) is 34.0 Å². The van der Waals surface area contributed by atoms with Crippen molar-refractivity contribution >= 4 is 23.4 Å². The van der Waals surface area contributed by atoms with E-state index in [4.69, 9.17) is 15.7 Å². The predicted octanol–water partition coefficient (Wildman–Crippen LogP) is 2.03. The minimum atomic E-state index is -3.52. The Morgan fingerprint density at radius 1 is 1.26 bits per heavy atom. The number of rotatable bonds is 6. The minimum absolute atomic E-state index is 0.108. The molecule has 2 N–H and O–H groups in total. The third-order valence-electron chi connectivity index (χ3n) is 5.84. The number of nitrogens with zero attached hydrogens (tertiary/aromatic N) is 2. The first-order chi connectivity index (χ1) is 19.6. The maximum Gasteiger partial charge on any atom is 0.255 e. The molecule has 2 saturated heterocycles. The summed E-state index contributed by atoms with van der Waals surface area (Å²) in [6.07, 6.45) is -6.90. The van der Waals surface area contributed by atoms with E-state index >= 15 is 4.39 Å². The van der Waals surface area contributed by atoms with Crippen molar-refractivity contribution in [1.82, 2.24) is 15.1 Å². The number of morpholine rings is 1. The summed E-state index contributed by atoms with van der Waals surface area (Å²) in [5.74, 6) is -4.94. The molecule has 34 heavy (non-hydrogen) atoms. The van der Waals surface area contributed by atoms with Crippen LogP contribution in [0.2, 0.25) is 0 Å². The normalized spacial score (nSPS) is 29.4. The Balaban J connectivity index is 1.45. The first kappa shape index (κ1) is 14.9. The van der Waals surface area contributed by atoms with Crippen molar-refractivity contribution < 1.29 is 34.5 Å². The number of carbonyl (C=O) groups is 3. The predicted molar refractivity (Wildman–Crippen MR) is 122 cm³/mol. The molecule has 0 aromatic heterocycles. The zero-order valence-corrected chi connectivity index (χ0v) is 18.1. The van der Waals surface area contributed by atoms with Crippen LogP contribution in [0.4, 0.5) is 10.1 Å². The van der Waals surface area contributed by atoms with Gasteiger partial charge in [0.2, 0.25) is 11.8 Å². The highest BCUT2D eigenvalue weighted by molar-refractivity contribution is 6.06. The fourth-order valence-electron chi connectivity index (χ4n) is 4.06. The first-order valence-electron chi connectivity index (χ1n) is 14.7. The Kier molecular flexibility index (Phi) is 4.16. The summed E-state index contributed by atoms with van der Waals surface area (Å²) in [5, 5.41) is 4.44. The van der Waals surface area contributed by atoms with Crippen LogP contribution in [0.1, 0.15) is 50.8 Å². The highest BCUT2D eigenvalue weighted by Crippen LogP contribution is 2.32. The zero-order chi connectivity index (χ0) is 30.8. The number of nitrogens with one attached hydrogen (secondary N) is 2. The minimum Gasteiger partial charge on any atom is -0.381 e. The van der Waals surface area contributed by atoms with Gasteiger partial charge in [0.15, 0.2) is 0 Å². The number of imide groups is 1. The van der Waals surface area contributed by atoms with E-state index in [1.165, 1.54) is 6.07 Å². The number of hydrogen-bond acceptors (Lipinski definition) is 6. The number of benzene rings is 2. The van der Waals surface area contributed by atoms with Gasteiger partial charge < -0.3 is 15.0 Å². The van der Waals surface area contributed by atoms with Crippen molar-refractivity contribution in [3.05, 3.63) is 64.4 Å². The molecule has 0 saturated carbocycles. The van der Waals surface area contributed by atoms with Gasteiger partial charge in [-0.1, -0.05) is 18.2 Å². The van der Waals surface area contributed by atoms with Gasteiger partial charge in [0.1, 0.15) is 11.8 Å². The van der Waals surface area contributed by atoms with E-state index in [2.05, 4.69) is 10.2 Å². The van der Waals surface area contributed by atoms with Crippen molar-refractivity contribution in [2.24, 2.45) is 0 Å². The fourth-order valence-corrected chi connectivity index (χ4v) is 4.06. The maximum absolute atomic E-state index is 15.0. The Hall–Kier alpha value is -3.30. The third kappa shape index (κ3) is 4.53. The van der Waals surface area contributed by atoms with Crippen LogP contribution in [0.25, 0.3) is 0 Å². The van der Waals surface area contributed by atoms with Crippen LogP contribution in [0.5, 0.6) is 0 Å². The number of anilines is 1. The fraction of sp³-hybridized carbons (Fsp3) is 0.400. The lowest BCUT2D eigenvalue weighted by Gasteiger charge is -2.29. The molecule has 3 aliphatic rings. The monoisotopic (exact) mass is 474 g/mol. The molecule has 1 atom stereocenters. The molecule has 9 heteroatoms. The first-order valence-corrected chi connectivity index (χ1v) is 10.7. The summed E-state index contributed by atoms with van der Waals surface area (Å²) in [6.45, 7) is 2.27. The summed E-state index contributed by atoms with van der Waals surface area (Å²) < 4.78 is 86.3. The van der Waals surface area contributed by atoms with E-state index in [1.807, 2.05) is 0 Å².